The summed E-state index contributed by atoms with van der Waals surface area (Å²) < 4.78 is 0. The third kappa shape index (κ3) is 3.77. The van der Waals surface area contributed by atoms with Crippen LogP contribution >= 0.6 is 0 Å². The second-order valence-corrected chi connectivity index (χ2v) is 11.6. The normalized spacial score (nSPS) is 29.8. The highest BCUT2D eigenvalue weighted by atomic mass is 16.3. The van der Waals surface area contributed by atoms with E-state index in [-0.39, 0.29) is 47.5 Å². The molecule has 8 heteroatoms. The number of nitrogens with two attached hydrogens (primary N) is 1. The summed E-state index contributed by atoms with van der Waals surface area (Å²) in [5.41, 5.74) is 3.92. The Hall–Kier alpha value is -3.31. The van der Waals surface area contributed by atoms with Crippen molar-refractivity contribution in [3.05, 3.63) is 28.3 Å². The monoisotopic (exact) mass is 493 g/mol. The molecule has 8 nitrogen and oxygen atoms in total. The maximum Gasteiger partial charge on any atom is 0.235 e. The zero-order valence-corrected chi connectivity index (χ0v) is 21.1. The predicted molar refractivity (Wildman–Crippen MR) is 129 cm³/mol. The smallest absolute Gasteiger partial charge is 0.235 e. The largest absolute Gasteiger partial charge is 0.506 e. The number of aromatic hydroxyl groups is 1. The van der Waals surface area contributed by atoms with Crippen LogP contribution in [0.25, 0.3) is 0 Å². The summed E-state index contributed by atoms with van der Waals surface area (Å²) >= 11 is 0. The second kappa shape index (κ2) is 8.38. The van der Waals surface area contributed by atoms with Crippen LogP contribution in [-0.4, -0.2) is 44.9 Å². The van der Waals surface area contributed by atoms with Gasteiger partial charge in [0.2, 0.25) is 5.91 Å². The minimum atomic E-state index is -2.65. The predicted octanol–water partition coefficient (Wildman–Crippen LogP) is 1.85. The minimum Gasteiger partial charge on any atom is -0.506 e. The number of phenolic OH excluding ortho intramolecular Hbond substituents is 1. The number of carbonyl (C=O) groups is 5. The fourth-order valence-electron chi connectivity index (χ4n) is 5.93. The topological polar surface area (TPSA) is 152 Å². The molecule has 2 fully saturated rings. The Morgan fingerprint density at radius 3 is 2.33 bits per heavy atom. The van der Waals surface area contributed by atoms with Crippen LogP contribution in [0.5, 0.6) is 5.75 Å². The summed E-state index contributed by atoms with van der Waals surface area (Å²) in [6.07, 6.45) is -0.0137. The number of hydrogen-bond donors (Lipinski definition) is 3. The molecule has 0 spiro atoms. The summed E-state index contributed by atoms with van der Waals surface area (Å²) in [5, 5.41) is 22.4. The van der Waals surface area contributed by atoms with Crippen molar-refractivity contribution < 1.29 is 34.2 Å². The van der Waals surface area contributed by atoms with E-state index in [0.717, 1.165) is 5.56 Å². The third-order valence-electron chi connectivity index (χ3n) is 7.63. The molecule has 36 heavy (non-hydrogen) atoms. The lowest BCUT2D eigenvalue weighted by Crippen LogP contribution is -2.68. The Balaban J connectivity index is 1.86. The first-order valence-electron chi connectivity index (χ1n) is 12.2. The number of fused-ring (bicyclic) bond motifs is 3. The van der Waals surface area contributed by atoms with Crippen molar-refractivity contribution in [1.29, 1.82) is 0 Å². The number of phenols is 1. The van der Waals surface area contributed by atoms with E-state index in [1.54, 1.807) is 6.07 Å². The fraction of sp³-hybridized carbons (Fsp3) is 0.536. The highest BCUT2D eigenvalue weighted by molar-refractivity contribution is 6.31. The Bertz CT molecular complexity index is 1290. The number of hydrogen-bond acceptors (Lipinski definition) is 7. The molecule has 3 aliphatic carbocycles. The second-order valence-electron chi connectivity index (χ2n) is 11.6. The average Bonchev–Trinajstić information content (AvgIpc) is 2.74. The lowest BCUT2D eigenvalue weighted by molar-refractivity contribution is -0.175. The average molecular weight is 494 g/mol. The van der Waals surface area contributed by atoms with Crippen molar-refractivity contribution in [2.24, 2.45) is 34.8 Å². The van der Waals surface area contributed by atoms with Gasteiger partial charge in [0.1, 0.15) is 5.75 Å². The van der Waals surface area contributed by atoms with Crippen LogP contribution in [0.4, 0.5) is 0 Å². The van der Waals surface area contributed by atoms with E-state index in [1.165, 1.54) is 0 Å². The van der Waals surface area contributed by atoms with E-state index in [1.807, 2.05) is 34.6 Å². The van der Waals surface area contributed by atoms with Crippen LogP contribution in [0.1, 0.15) is 80.4 Å². The number of rotatable bonds is 2. The summed E-state index contributed by atoms with van der Waals surface area (Å²) in [7, 11) is 0. The van der Waals surface area contributed by atoms with Gasteiger partial charge in [-0.1, -0.05) is 25.7 Å². The van der Waals surface area contributed by atoms with E-state index in [2.05, 4.69) is 11.8 Å². The summed E-state index contributed by atoms with van der Waals surface area (Å²) in [6, 6.07) is 1.78. The van der Waals surface area contributed by atoms with Crippen LogP contribution in [0.15, 0.2) is 6.07 Å². The van der Waals surface area contributed by atoms with Gasteiger partial charge in [0.05, 0.1) is 17.0 Å². The van der Waals surface area contributed by atoms with Crippen LogP contribution in [0.2, 0.25) is 0 Å². The molecule has 0 radical (unpaired) electrons. The lowest BCUT2D eigenvalue weighted by Gasteiger charge is -2.48. The van der Waals surface area contributed by atoms with Gasteiger partial charge in [-0.3, -0.25) is 24.0 Å². The highest BCUT2D eigenvalue weighted by Crippen LogP contribution is 2.51. The van der Waals surface area contributed by atoms with Crippen molar-refractivity contribution in [2.75, 3.05) is 0 Å². The molecule has 0 aliphatic heterocycles. The number of amides is 1. The van der Waals surface area contributed by atoms with E-state index in [9.17, 15) is 34.2 Å². The quantitative estimate of drug-likeness (QED) is 0.420. The molecule has 190 valence electrons. The Morgan fingerprint density at radius 1 is 1.14 bits per heavy atom. The number of benzene rings is 1. The zero-order chi connectivity index (χ0) is 26.9. The molecule has 0 saturated heterocycles. The first-order chi connectivity index (χ1) is 16.6. The standard InChI is InChI=1S/C28H31NO7/c1-12(2)16-9-13(6-7-27(3,4)5)22(31)20-17(16)10-14-8-15-11-18(30)21(26(29)35)25(34)28(15,36)24(33)19(14)23(20)32/h9,12,14-15,19,21,31,36H,8,10-11H2,1-5H3,(H2,29,35)/t14-,15+,19?,21?,28+/m1/s1. The fourth-order valence-corrected chi connectivity index (χ4v) is 5.93. The maximum absolute atomic E-state index is 13.8. The maximum atomic E-state index is 13.8. The van der Waals surface area contributed by atoms with Crippen LogP contribution in [-0.2, 0) is 25.6 Å². The molecule has 3 aliphatic rings. The van der Waals surface area contributed by atoms with Gasteiger partial charge in [0, 0.05) is 17.8 Å². The molecule has 4 rings (SSSR count). The molecular formula is C28H31NO7. The zero-order valence-electron chi connectivity index (χ0n) is 21.1. The summed E-state index contributed by atoms with van der Waals surface area (Å²) in [5.74, 6) is -4.15. The minimum absolute atomic E-state index is 0.00993. The summed E-state index contributed by atoms with van der Waals surface area (Å²) in [4.78, 5) is 64.7. The van der Waals surface area contributed by atoms with Crippen LogP contribution in [0, 0.1) is 40.9 Å². The number of carbonyl (C=O) groups excluding carboxylic acids is 5. The van der Waals surface area contributed by atoms with E-state index in [4.69, 9.17) is 5.73 Å². The lowest BCUT2D eigenvalue weighted by atomic mass is 9.53. The van der Waals surface area contributed by atoms with Gasteiger partial charge in [-0.2, -0.15) is 0 Å². The molecule has 2 unspecified atom stereocenters. The van der Waals surface area contributed by atoms with E-state index >= 15 is 0 Å². The van der Waals surface area contributed by atoms with Crippen molar-refractivity contribution in [3.8, 4) is 17.6 Å². The van der Waals surface area contributed by atoms with Gasteiger partial charge in [-0.05, 0) is 62.6 Å². The molecule has 0 bridgehead atoms. The van der Waals surface area contributed by atoms with Crippen molar-refractivity contribution >= 4 is 29.0 Å². The van der Waals surface area contributed by atoms with Gasteiger partial charge < -0.3 is 15.9 Å². The van der Waals surface area contributed by atoms with Crippen LogP contribution in [0.3, 0.4) is 0 Å². The molecule has 5 atom stereocenters. The highest BCUT2D eigenvalue weighted by Gasteiger charge is 2.66. The molecule has 1 amide bonds. The van der Waals surface area contributed by atoms with Gasteiger partial charge in [0.15, 0.2) is 34.7 Å². The summed E-state index contributed by atoms with van der Waals surface area (Å²) in [6.45, 7) is 9.65. The van der Waals surface area contributed by atoms with E-state index in [0.29, 0.717) is 5.56 Å². The number of primary amides is 1. The first-order valence-corrected chi connectivity index (χ1v) is 12.2. The molecule has 0 aromatic heterocycles. The van der Waals surface area contributed by atoms with Crippen molar-refractivity contribution in [1.82, 2.24) is 0 Å². The Kier molecular flexibility index (Phi) is 6.00. The van der Waals surface area contributed by atoms with Gasteiger partial charge in [0.25, 0.3) is 0 Å². The van der Waals surface area contributed by atoms with Crippen LogP contribution < -0.4 is 5.73 Å². The molecular weight excluding hydrogens is 462 g/mol. The molecule has 1 aromatic carbocycles. The first kappa shape index (κ1) is 25.8. The van der Waals surface area contributed by atoms with Gasteiger partial charge in [-0.15, -0.1) is 0 Å². The number of ketones is 4. The molecule has 4 N–H and O–H groups in total. The Labute approximate surface area is 209 Å². The molecule has 2 saturated carbocycles. The van der Waals surface area contributed by atoms with Gasteiger partial charge >= 0.3 is 0 Å². The molecule has 0 heterocycles. The number of aliphatic hydroxyl groups is 1. The Morgan fingerprint density at radius 2 is 1.78 bits per heavy atom. The third-order valence-corrected chi connectivity index (χ3v) is 7.63. The van der Waals surface area contributed by atoms with Crippen molar-refractivity contribution in [2.45, 2.75) is 65.4 Å². The van der Waals surface area contributed by atoms with Crippen molar-refractivity contribution in [3.63, 3.8) is 0 Å². The van der Waals surface area contributed by atoms with Gasteiger partial charge in [-0.25, -0.2) is 0 Å². The van der Waals surface area contributed by atoms with E-state index < -0.39 is 58.3 Å². The molecule has 1 aromatic rings. The number of Topliss-reactive ketones (excluding diaryl/α,β-unsaturated/α-hetero) is 4. The SMILES string of the molecule is CC(C)c1cc(C#CC(C)(C)C)c(O)c2c1C[C@H]1C[C@H]3CC(=O)C(C(N)=O)C(=O)[C@@]3(O)C(=O)C1C2=O.